The van der Waals surface area contributed by atoms with Gasteiger partial charge in [-0.05, 0) is 47.9 Å². The smallest absolute Gasteiger partial charge is 0.357 e. The van der Waals surface area contributed by atoms with Crippen LogP contribution < -0.4 is 9.61 Å². The molecule has 0 aliphatic rings. The first-order valence-corrected chi connectivity index (χ1v) is 11.6. The van der Waals surface area contributed by atoms with Crippen LogP contribution in [-0.4, -0.2) is 23.0 Å². The van der Waals surface area contributed by atoms with E-state index in [1.807, 2.05) is 30.7 Å². The van der Waals surface area contributed by atoms with Gasteiger partial charge in [0, 0.05) is 35.1 Å². The van der Waals surface area contributed by atoms with Crippen molar-refractivity contribution in [2.45, 2.75) is 13.3 Å². The molecule has 0 radical (unpaired) electrons. The number of aromatic amines is 1. The number of hydrogen-bond acceptors (Lipinski definition) is 6. The molecule has 2 aromatic carbocycles. The summed E-state index contributed by atoms with van der Waals surface area (Å²) in [5, 5.41) is 11.0. The summed E-state index contributed by atoms with van der Waals surface area (Å²) in [4.78, 5) is 20.8. The molecule has 3 heterocycles. The topological polar surface area (TPSA) is 118 Å². The van der Waals surface area contributed by atoms with Gasteiger partial charge in [0.25, 0.3) is 0 Å². The molecule has 0 unspecified atom stereocenters. The molecule has 5 aromatic rings. The molecule has 0 saturated carbocycles. The molecule has 0 saturated heterocycles. The lowest BCUT2D eigenvalue weighted by Crippen LogP contribution is -2.09. The van der Waals surface area contributed by atoms with E-state index in [2.05, 4.69) is 20.2 Å². The SMILES string of the molecule is CCc1cc2c(=O)c3c4ccc(C#N)cc4[nH]c3n(C)c2cc1-c1cncc(OS(=O)(=O)F)c1. The van der Waals surface area contributed by atoms with Crippen molar-refractivity contribution in [3.63, 3.8) is 0 Å². The first-order chi connectivity index (χ1) is 16.2. The number of nitriles is 1. The summed E-state index contributed by atoms with van der Waals surface area (Å²) in [5.74, 6) is -0.254. The average molecular weight is 476 g/mol. The van der Waals surface area contributed by atoms with Crippen molar-refractivity contribution in [1.82, 2.24) is 14.5 Å². The van der Waals surface area contributed by atoms with Crippen LogP contribution in [0.4, 0.5) is 3.89 Å². The van der Waals surface area contributed by atoms with Crippen molar-refractivity contribution in [1.29, 1.82) is 5.26 Å². The molecule has 0 aliphatic carbocycles. The standard InChI is InChI=1S/C24H17FN4O4S/c1-3-14-8-19-21(9-18(14)15-7-16(12-27-11-15)33-34(25,31)32)29(2)24-22(23(19)30)17-5-4-13(10-26)6-20(17)28-24/h4-9,11-12,28H,3H2,1-2H3. The number of H-pyrrole nitrogens is 1. The number of rotatable bonds is 4. The van der Waals surface area contributed by atoms with Gasteiger partial charge in [0.2, 0.25) is 0 Å². The third-order valence-electron chi connectivity index (χ3n) is 5.90. The molecule has 0 aliphatic heterocycles. The minimum atomic E-state index is -5.19. The van der Waals surface area contributed by atoms with Crippen LogP contribution in [0, 0.1) is 11.3 Å². The third kappa shape index (κ3) is 3.47. The van der Waals surface area contributed by atoms with E-state index in [-0.39, 0.29) is 11.2 Å². The van der Waals surface area contributed by atoms with Crippen molar-refractivity contribution < 1.29 is 16.5 Å². The zero-order valence-corrected chi connectivity index (χ0v) is 18.9. The molecule has 0 atom stereocenters. The Balaban J connectivity index is 1.81. The first kappa shape index (κ1) is 21.6. The van der Waals surface area contributed by atoms with E-state index >= 15 is 0 Å². The molecule has 34 heavy (non-hydrogen) atoms. The highest BCUT2D eigenvalue weighted by Crippen LogP contribution is 2.32. The monoisotopic (exact) mass is 476 g/mol. The fourth-order valence-electron chi connectivity index (χ4n) is 4.37. The number of halogens is 1. The molecule has 3 aromatic heterocycles. The summed E-state index contributed by atoms with van der Waals surface area (Å²) < 4.78 is 41.0. The fourth-order valence-corrected chi connectivity index (χ4v) is 4.69. The van der Waals surface area contributed by atoms with E-state index in [4.69, 9.17) is 0 Å². The predicted molar refractivity (Wildman–Crippen MR) is 127 cm³/mol. The second-order valence-corrected chi connectivity index (χ2v) is 8.83. The number of aryl methyl sites for hydroxylation is 2. The molecule has 5 rings (SSSR count). The van der Waals surface area contributed by atoms with E-state index in [1.165, 1.54) is 12.3 Å². The number of hydrogen-bond donors (Lipinski definition) is 1. The third-order valence-corrected chi connectivity index (χ3v) is 6.29. The Kier molecular flexibility index (Phi) is 4.88. The fraction of sp³-hybridized carbons (Fsp3) is 0.125. The van der Waals surface area contributed by atoms with Crippen LogP contribution in [0.5, 0.6) is 5.75 Å². The van der Waals surface area contributed by atoms with Crippen LogP contribution in [0.25, 0.3) is 44.0 Å². The lowest BCUT2D eigenvalue weighted by Gasteiger charge is -2.14. The van der Waals surface area contributed by atoms with Crippen LogP contribution in [0.2, 0.25) is 0 Å². The number of benzene rings is 2. The highest BCUT2D eigenvalue weighted by Gasteiger charge is 2.18. The lowest BCUT2D eigenvalue weighted by atomic mass is 9.96. The Hall–Kier alpha value is -4.23. The van der Waals surface area contributed by atoms with Crippen LogP contribution in [-0.2, 0) is 24.0 Å². The van der Waals surface area contributed by atoms with Gasteiger partial charge in [-0.2, -0.15) is 13.7 Å². The number of nitrogens with one attached hydrogen (secondary N) is 1. The van der Waals surface area contributed by atoms with Gasteiger partial charge < -0.3 is 13.7 Å². The van der Waals surface area contributed by atoms with Gasteiger partial charge in [-0.3, -0.25) is 9.78 Å². The van der Waals surface area contributed by atoms with E-state index in [1.54, 1.807) is 18.2 Å². The summed E-state index contributed by atoms with van der Waals surface area (Å²) in [5.41, 5.74) is 4.34. The second-order valence-electron chi connectivity index (χ2n) is 7.87. The number of pyridine rings is 2. The van der Waals surface area contributed by atoms with Crippen molar-refractivity contribution in [2.75, 3.05) is 0 Å². The Morgan fingerprint density at radius 3 is 2.68 bits per heavy atom. The predicted octanol–water partition coefficient (Wildman–Crippen LogP) is 4.26. The molecule has 1 N–H and O–H groups in total. The van der Waals surface area contributed by atoms with E-state index in [0.717, 1.165) is 17.1 Å². The van der Waals surface area contributed by atoms with Gasteiger partial charge in [-0.15, -0.1) is 0 Å². The summed E-state index contributed by atoms with van der Waals surface area (Å²) in [6, 6.07) is 12.3. The molecule has 0 bridgehead atoms. The zero-order chi connectivity index (χ0) is 24.2. The summed E-state index contributed by atoms with van der Waals surface area (Å²) >= 11 is 0. The maximum atomic E-state index is 13.6. The number of aromatic nitrogens is 3. The highest BCUT2D eigenvalue weighted by molar-refractivity contribution is 7.81. The Bertz CT molecular complexity index is 1850. The summed E-state index contributed by atoms with van der Waals surface area (Å²) in [6.45, 7) is 1.93. The van der Waals surface area contributed by atoms with Gasteiger partial charge in [0.1, 0.15) is 5.65 Å². The van der Waals surface area contributed by atoms with Gasteiger partial charge in [0.05, 0.1) is 28.7 Å². The Morgan fingerprint density at radius 2 is 1.97 bits per heavy atom. The van der Waals surface area contributed by atoms with Gasteiger partial charge in [-0.25, -0.2) is 0 Å². The maximum Gasteiger partial charge on any atom is 0.488 e. The van der Waals surface area contributed by atoms with E-state index in [0.29, 0.717) is 50.6 Å². The number of nitrogens with zero attached hydrogens (tertiary/aromatic N) is 3. The molecule has 0 spiro atoms. The molecule has 0 amide bonds. The largest absolute Gasteiger partial charge is 0.488 e. The summed E-state index contributed by atoms with van der Waals surface area (Å²) in [6.07, 6.45) is 3.20. The quantitative estimate of drug-likeness (QED) is 0.387. The minimum Gasteiger partial charge on any atom is -0.357 e. The molecular formula is C24H17FN4O4S. The van der Waals surface area contributed by atoms with Crippen molar-refractivity contribution in [2.24, 2.45) is 7.05 Å². The average Bonchev–Trinajstić information content (AvgIpc) is 3.20. The Labute approximate surface area is 193 Å². The highest BCUT2D eigenvalue weighted by atomic mass is 32.3. The molecule has 10 heteroatoms. The Morgan fingerprint density at radius 1 is 1.18 bits per heavy atom. The van der Waals surface area contributed by atoms with Crippen molar-refractivity contribution >= 4 is 43.3 Å². The summed E-state index contributed by atoms with van der Waals surface area (Å²) in [7, 11) is -3.36. The van der Waals surface area contributed by atoms with E-state index < -0.39 is 10.5 Å². The lowest BCUT2D eigenvalue weighted by molar-refractivity contribution is 0.439. The van der Waals surface area contributed by atoms with Crippen molar-refractivity contribution in [3.05, 3.63) is 70.1 Å². The van der Waals surface area contributed by atoms with E-state index in [9.17, 15) is 22.4 Å². The molecule has 170 valence electrons. The molecular weight excluding hydrogens is 459 g/mol. The minimum absolute atomic E-state index is 0.140. The zero-order valence-electron chi connectivity index (χ0n) is 18.1. The van der Waals surface area contributed by atoms with Crippen LogP contribution in [0.15, 0.2) is 53.6 Å². The number of fused-ring (bicyclic) bond motifs is 4. The maximum absolute atomic E-state index is 13.6. The molecule has 8 nitrogen and oxygen atoms in total. The van der Waals surface area contributed by atoms with Crippen molar-refractivity contribution in [3.8, 4) is 22.9 Å². The normalized spacial score (nSPS) is 11.8. The first-order valence-electron chi connectivity index (χ1n) is 10.3. The van der Waals surface area contributed by atoms with Crippen LogP contribution >= 0.6 is 0 Å². The molecule has 0 fully saturated rings. The van der Waals surface area contributed by atoms with Crippen LogP contribution in [0.3, 0.4) is 0 Å². The van der Waals surface area contributed by atoms with Gasteiger partial charge in [0.15, 0.2) is 11.2 Å². The second kappa shape index (κ2) is 7.67. The van der Waals surface area contributed by atoms with Gasteiger partial charge >= 0.3 is 10.5 Å². The van der Waals surface area contributed by atoms with Crippen LogP contribution in [0.1, 0.15) is 18.1 Å². The van der Waals surface area contributed by atoms with Gasteiger partial charge in [-0.1, -0.05) is 16.9 Å².